The van der Waals surface area contributed by atoms with Crippen LogP contribution in [0, 0.1) is 5.82 Å². The third-order valence-electron chi connectivity index (χ3n) is 2.37. The summed E-state index contributed by atoms with van der Waals surface area (Å²) in [5.41, 5.74) is 0.567. The van der Waals surface area contributed by atoms with E-state index < -0.39 is 6.10 Å². The molecule has 18 heavy (non-hydrogen) atoms. The predicted octanol–water partition coefficient (Wildman–Crippen LogP) is 4.19. The zero-order valence-electron chi connectivity index (χ0n) is 9.60. The highest BCUT2D eigenvalue weighted by Gasteiger charge is 2.15. The summed E-state index contributed by atoms with van der Waals surface area (Å²) in [6.45, 7) is 1.62. The molecule has 5 heteroatoms. The second-order valence-electron chi connectivity index (χ2n) is 3.73. The minimum Gasteiger partial charge on any atom is -0.389 e. The van der Waals surface area contributed by atoms with Crippen molar-refractivity contribution in [2.24, 2.45) is 0 Å². The van der Waals surface area contributed by atoms with E-state index in [0.29, 0.717) is 15.5 Å². The van der Waals surface area contributed by atoms with Crippen LogP contribution in [0.3, 0.4) is 0 Å². The Balaban J connectivity index is 2.43. The highest BCUT2D eigenvalue weighted by Crippen LogP contribution is 2.37. The number of hydrogen-bond donors (Lipinski definition) is 1. The highest BCUT2D eigenvalue weighted by atomic mass is 79.9. The Hall–Kier alpha value is -0.910. The van der Waals surface area contributed by atoms with Gasteiger partial charge in [-0.25, -0.2) is 9.37 Å². The van der Waals surface area contributed by atoms with Crippen LogP contribution in [0.2, 0.25) is 0 Å². The van der Waals surface area contributed by atoms with Gasteiger partial charge in [-0.15, -0.1) is 0 Å². The van der Waals surface area contributed by atoms with E-state index in [1.54, 1.807) is 31.3 Å². The summed E-state index contributed by atoms with van der Waals surface area (Å²) in [6, 6.07) is 8.33. The van der Waals surface area contributed by atoms with E-state index in [1.165, 1.54) is 17.8 Å². The molecule has 1 heterocycles. The van der Waals surface area contributed by atoms with Gasteiger partial charge in [-0.2, -0.15) is 0 Å². The standard InChI is InChI=1S/C13H11BrFNOS/c1-8(17)9-4-2-6-11(15)12(9)18-13-10(14)5-3-7-16-13/h2-8,17H,1H3/t8-/m0/s1. The van der Waals surface area contributed by atoms with Gasteiger partial charge in [0.1, 0.15) is 10.8 Å². The summed E-state index contributed by atoms with van der Waals surface area (Å²) in [5, 5.41) is 10.3. The van der Waals surface area contributed by atoms with Gasteiger partial charge in [0.2, 0.25) is 0 Å². The van der Waals surface area contributed by atoms with Gasteiger partial charge in [-0.3, -0.25) is 0 Å². The molecular weight excluding hydrogens is 317 g/mol. The van der Waals surface area contributed by atoms with E-state index in [1.807, 2.05) is 6.07 Å². The number of nitrogens with zero attached hydrogens (tertiary/aromatic N) is 1. The molecule has 2 nitrogen and oxygen atoms in total. The summed E-state index contributed by atoms with van der Waals surface area (Å²) in [7, 11) is 0. The lowest BCUT2D eigenvalue weighted by Gasteiger charge is -2.12. The Kier molecular flexibility index (Phi) is 4.37. The monoisotopic (exact) mass is 327 g/mol. The summed E-state index contributed by atoms with van der Waals surface area (Å²) >= 11 is 4.57. The average molecular weight is 328 g/mol. The Labute approximate surface area is 117 Å². The predicted molar refractivity (Wildman–Crippen MR) is 73.1 cm³/mol. The maximum atomic E-state index is 13.9. The molecule has 0 fully saturated rings. The van der Waals surface area contributed by atoms with Crippen molar-refractivity contribution in [2.45, 2.75) is 22.9 Å². The molecule has 0 aliphatic rings. The van der Waals surface area contributed by atoms with Gasteiger partial charge in [0.15, 0.2) is 0 Å². The molecule has 1 aromatic heterocycles. The van der Waals surface area contributed by atoms with Gasteiger partial charge >= 0.3 is 0 Å². The van der Waals surface area contributed by atoms with Crippen LogP contribution in [0.1, 0.15) is 18.6 Å². The molecule has 0 bridgehead atoms. The first-order valence-electron chi connectivity index (χ1n) is 5.34. The maximum absolute atomic E-state index is 13.9. The van der Waals surface area contributed by atoms with Crippen LogP contribution < -0.4 is 0 Å². The summed E-state index contributed by atoms with van der Waals surface area (Å²) in [5.74, 6) is -0.351. The first-order chi connectivity index (χ1) is 8.59. The number of aliphatic hydroxyl groups is 1. The van der Waals surface area contributed by atoms with E-state index in [4.69, 9.17) is 0 Å². The Morgan fingerprint density at radius 3 is 2.78 bits per heavy atom. The van der Waals surface area contributed by atoms with E-state index >= 15 is 0 Å². The molecule has 0 saturated heterocycles. The molecule has 0 spiro atoms. The van der Waals surface area contributed by atoms with Crippen LogP contribution in [-0.2, 0) is 0 Å². The normalized spacial score (nSPS) is 12.4. The lowest BCUT2D eigenvalue weighted by Crippen LogP contribution is -1.97. The van der Waals surface area contributed by atoms with Crippen molar-refractivity contribution in [1.29, 1.82) is 0 Å². The van der Waals surface area contributed by atoms with Gasteiger partial charge in [0, 0.05) is 6.20 Å². The molecule has 0 amide bonds. The van der Waals surface area contributed by atoms with Crippen LogP contribution in [0.15, 0.2) is 50.9 Å². The van der Waals surface area contributed by atoms with Gasteiger partial charge in [-0.05, 0) is 46.6 Å². The largest absolute Gasteiger partial charge is 0.389 e. The van der Waals surface area contributed by atoms with Crippen molar-refractivity contribution in [3.63, 3.8) is 0 Å². The summed E-state index contributed by atoms with van der Waals surface area (Å²) in [4.78, 5) is 4.59. The van der Waals surface area contributed by atoms with Crippen molar-refractivity contribution in [2.75, 3.05) is 0 Å². The molecule has 2 aromatic rings. The zero-order chi connectivity index (χ0) is 13.1. The molecule has 1 N–H and O–H groups in total. The molecule has 2 rings (SSSR count). The van der Waals surface area contributed by atoms with Gasteiger partial charge in [0.25, 0.3) is 0 Å². The molecular formula is C13H11BrFNOS. The van der Waals surface area contributed by atoms with Crippen molar-refractivity contribution < 1.29 is 9.50 Å². The fraction of sp³-hybridized carbons (Fsp3) is 0.154. The highest BCUT2D eigenvalue weighted by molar-refractivity contribution is 9.10. The molecule has 0 saturated carbocycles. The molecule has 0 radical (unpaired) electrons. The lowest BCUT2D eigenvalue weighted by atomic mass is 10.1. The lowest BCUT2D eigenvalue weighted by molar-refractivity contribution is 0.195. The molecule has 1 aromatic carbocycles. The SMILES string of the molecule is C[C@H](O)c1cccc(F)c1Sc1ncccc1Br. The van der Waals surface area contributed by atoms with Crippen LogP contribution >= 0.6 is 27.7 Å². The summed E-state index contributed by atoms with van der Waals surface area (Å²) < 4.78 is 14.7. The Morgan fingerprint density at radius 2 is 2.11 bits per heavy atom. The van der Waals surface area contributed by atoms with Crippen molar-refractivity contribution in [3.05, 3.63) is 52.4 Å². The topological polar surface area (TPSA) is 33.1 Å². The van der Waals surface area contributed by atoms with Crippen LogP contribution in [0.25, 0.3) is 0 Å². The molecule has 0 aliphatic heterocycles. The molecule has 0 unspecified atom stereocenters. The van der Waals surface area contributed by atoms with Crippen molar-refractivity contribution in [3.8, 4) is 0 Å². The van der Waals surface area contributed by atoms with Crippen molar-refractivity contribution in [1.82, 2.24) is 4.98 Å². The van der Waals surface area contributed by atoms with Crippen molar-refractivity contribution >= 4 is 27.7 Å². The van der Waals surface area contributed by atoms with Gasteiger partial charge in [0.05, 0.1) is 15.5 Å². The van der Waals surface area contributed by atoms with Gasteiger partial charge in [-0.1, -0.05) is 23.9 Å². The molecule has 1 atom stereocenters. The van der Waals surface area contributed by atoms with E-state index in [0.717, 1.165) is 4.47 Å². The molecule has 94 valence electrons. The smallest absolute Gasteiger partial charge is 0.137 e. The minimum absolute atomic E-state index is 0.351. The van der Waals surface area contributed by atoms with Crippen LogP contribution in [0.5, 0.6) is 0 Å². The number of aliphatic hydroxyl groups excluding tert-OH is 1. The maximum Gasteiger partial charge on any atom is 0.137 e. The van der Waals surface area contributed by atoms with Gasteiger partial charge < -0.3 is 5.11 Å². The fourth-order valence-corrected chi connectivity index (χ4v) is 3.00. The second-order valence-corrected chi connectivity index (χ2v) is 5.58. The fourth-order valence-electron chi connectivity index (χ4n) is 1.51. The number of halogens is 2. The number of benzene rings is 1. The quantitative estimate of drug-likeness (QED) is 0.917. The second kappa shape index (κ2) is 5.82. The average Bonchev–Trinajstić information content (AvgIpc) is 2.34. The van der Waals surface area contributed by atoms with Crippen LogP contribution in [-0.4, -0.2) is 10.1 Å². The number of pyridine rings is 1. The zero-order valence-corrected chi connectivity index (χ0v) is 12.0. The van der Waals surface area contributed by atoms with Crippen LogP contribution in [0.4, 0.5) is 4.39 Å². The summed E-state index contributed by atoms with van der Waals surface area (Å²) in [6.07, 6.45) is 0.932. The first kappa shape index (κ1) is 13.5. The third kappa shape index (κ3) is 2.91. The van der Waals surface area contributed by atoms with E-state index in [-0.39, 0.29) is 5.82 Å². The minimum atomic E-state index is -0.717. The number of aromatic nitrogens is 1. The third-order valence-corrected chi connectivity index (χ3v) is 4.43. The Bertz CT molecular complexity index is 562. The van der Waals surface area contributed by atoms with E-state index in [2.05, 4.69) is 20.9 Å². The number of rotatable bonds is 3. The molecule has 0 aliphatic carbocycles. The van der Waals surface area contributed by atoms with E-state index in [9.17, 15) is 9.50 Å². The number of hydrogen-bond acceptors (Lipinski definition) is 3. The Morgan fingerprint density at radius 1 is 1.33 bits per heavy atom. The first-order valence-corrected chi connectivity index (χ1v) is 6.95.